The van der Waals surface area contributed by atoms with Crippen LogP contribution in [0.1, 0.15) is 30.1 Å². The second-order valence-electron chi connectivity index (χ2n) is 3.75. The molecular formula is C12H16ClNO3. The lowest BCUT2D eigenvalue weighted by Crippen LogP contribution is -2.35. The van der Waals surface area contributed by atoms with Gasteiger partial charge in [0.05, 0.1) is 5.56 Å². The van der Waals surface area contributed by atoms with Gasteiger partial charge in [-0.25, -0.2) is 0 Å². The largest absolute Gasteiger partial charge is 0.507 e. The van der Waals surface area contributed by atoms with Crippen LogP contribution in [0.4, 0.5) is 0 Å². The molecule has 0 bridgehead atoms. The fourth-order valence-corrected chi connectivity index (χ4v) is 1.66. The Hall–Kier alpha value is -1.26. The van der Waals surface area contributed by atoms with Crippen molar-refractivity contribution in [2.24, 2.45) is 0 Å². The van der Waals surface area contributed by atoms with Crippen molar-refractivity contribution in [2.45, 2.75) is 25.8 Å². The van der Waals surface area contributed by atoms with Gasteiger partial charge in [0.2, 0.25) is 0 Å². The number of rotatable bonds is 5. The van der Waals surface area contributed by atoms with E-state index in [1.165, 1.54) is 12.1 Å². The first-order chi connectivity index (χ1) is 8.08. The van der Waals surface area contributed by atoms with E-state index in [0.717, 1.165) is 6.42 Å². The van der Waals surface area contributed by atoms with Gasteiger partial charge in [0.25, 0.3) is 5.91 Å². The van der Waals surface area contributed by atoms with Crippen LogP contribution in [0.5, 0.6) is 5.75 Å². The number of hydrogen-bond donors (Lipinski definition) is 3. The molecule has 1 unspecified atom stereocenters. The Morgan fingerprint density at radius 1 is 1.53 bits per heavy atom. The van der Waals surface area contributed by atoms with Crippen molar-refractivity contribution >= 4 is 17.5 Å². The molecule has 94 valence electrons. The van der Waals surface area contributed by atoms with Gasteiger partial charge >= 0.3 is 0 Å². The van der Waals surface area contributed by atoms with Gasteiger partial charge in [-0.15, -0.1) is 0 Å². The lowest BCUT2D eigenvalue weighted by molar-refractivity contribution is 0.0926. The standard InChI is InChI=1S/C12H16ClNO3/c1-2-9(5-6-15)14-12(17)10-4-3-8(13)7-11(10)16/h3-4,7,9,15-16H,2,5-6H2,1H3,(H,14,17). The van der Waals surface area contributed by atoms with Crippen molar-refractivity contribution in [1.29, 1.82) is 0 Å². The first-order valence-corrected chi connectivity index (χ1v) is 5.86. The van der Waals surface area contributed by atoms with Crippen molar-refractivity contribution < 1.29 is 15.0 Å². The highest BCUT2D eigenvalue weighted by Crippen LogP contribution is 2.21. The van der Waals surface area contributed by atoms with Gasteiger partial charge in [-0.2, -0.15) is 0 Å². The molecule has 1 amide bonds. The maximum absolute atomic E-state index is 11.8. The number of amides is 1. The van der Waals surface area contributed by atoms with Crippen LogP contribution in [-0.2, 0) is 0 Å². The Balaban J connectivity index is 2.75. The first-order valence-electron chi connectivity index (χ1n) is 5.48. The summed E-state index contributed by atoms with van der Waals surface area (Å²) in [5, 5.41) is 21.5. The molecule has 0 aliphatic heterocycles. The normalized spacial score (nSPS) is 12.2. The SMILES string of the molecule is CCC(CCO)NC(=O)c1ccc(Cl)cc1O. The number of aromatic hydroxyl groups is 1. The number of carbonyl (C=O) groups is 1. The number of carbonyl (C=O) groups excluding carboxylic acids is 1. The highest BCUT2D eigenvalue weighted by molar-refractivity contribution is 6.30. The maximum atomic E-state index is 11.8. The first kappa shape index (κ1) is 13.8. The second-order valence-corrected chi connectivity index (χ2v) is 4.19. The van der Waals surface area contributed by atoms with Crippen LogP contribution in [0, 0.1) is 0 Å². The summed E-state index contributed by atoms with van der Waals surface area (Å²) in [6, 6.07) is 4.24. The molecule has 0 aliphatic rings. The molecule has 4 nitrogen and oxygen atoms in total. The maximum Gasteiger partial charge on any atom is 0.255 e. The molecule has 0 aliphatic carbocycles. The fraction of sp³-hybridized carbons (Fsp3) is 0.417. The van der Waals surface area contributed by atoms with Crippen LogP contribution in [-0.4, -0.2) is 28.8 Å². The molecule has 0 spiro atoms. The zero-order valence-electron chi connectivity index (χ0n) is 9.61. The summed E-state index contributed by atoms with van der Waals surface area (Å²) in [4.78, 5) is 11.8. The molecule has 1 atom stereocenters. The number of aliphatic hydroxyl groups is 1. The van der Waals surface area contributed by atoms with Crippen LogP contribution < -0.4 is 5.32 Å². The average molecular weight is 258 g/mol. The summed E-state index contributed by atoms with van der Waals surface area (Å²) in [5.41, 5.74) is 0.186. The predicted molar refractivity (Wildman–Crippen MR) is 66.4 cm³/mol. The average Bonchev–Trinajstić information content (AvgIpc) is 2.28. The molecule has 0 heterocycles. The zero-order chi connectivity index (χ0) is 12.8. The van der Waals surface area contributed by atoms with Crippen LogP contribution in [0.15, 0.2) is 18.2 Å². The van der Waals surface area contributed by atoms with E-state index in [-0.39, 0.29) is 29.9 Å². The van der Waals surface area contributed by atoms with E-state index < -0.39 is 0 Å². The van der Waals surface area contributed by atoms with E-state index in [2.05, 4.69) is 5.32 Å². The quantitative estimate of drug-likeness (QED) is 0.755. The minimum absolute atomic E-state index is 0.0192. The summed E-state index contributed by atoms with van der Waals surface area (Å²) >= 11 is 5.68. The van der Waals surface area contributed by atoms with E-state index in [9.17, 15) is 9.90 Å². The van der Waals surface area contributed by atoms with Crippen molar-refractivity contribution in [1.82, 2.24) is 5.32 Å². The molecule has 0 saturated heterocycles. The highest BCUT2D eigenvalue weighted by atomic mass is 35.5. The van der Waals surface area contributed by atoms with Gasteiger partial charge in [-0.3, -0.25) is 4.79 Å². The van der Waals surface area contributed by atoms with E-state index in [1.54, 1.807) is 6.07 Å². The smallest absolute Gasteiger partial charge is 0.255 e. The van der Waals surface area contributed by atoms with E-state index >= 15 is 0 Å². The molecule has 1 rings (SSSR count). The number of aliphatic hydroxyl groups excluding tert-OH is 1. The Morgan fingerprint density at radius 2 is 2.24 bits per heavy atom. The molecule has 17 heavy (non-hydrogen) atoms. The number of hydrogen-bond acceptors (Lipinski definition) is 3. The Labute approximate surface area is 105 Å². The summed E-state index contributed by atoms with van der Waals surface area (Å²) in [5.74, 6) is -0.506. The van der Waals surface area contributed by atoms with Crippen LogP contribution >= 0.6 is 11.6 Å². The van der Waals surface area contributed by atoms with Gasteiger partial charge in [0.15, 0.2) is 0 Å². The monoisotopic (exact) mass is 257 g/mol. The molecule has 5 heteroatoms. The summed E-state index contributed by atoms with van der Waals surface area (Å²) in [6.45, 7) is 1.94. The molecule has 0 aromatic heterocycles. The molecule has 1 aromatic rings. The number of nitrogens with one attached hydrogen (secondary N) is 1. The third-order valence-electron chi connectivity index (χ3n) is 2.51. The summed E-state index contributed by atoms with van der Waals surface area (Å²) in [6.07, 6.45) is 1.22. The summed E-state index contributed by atoms with van der Waals surface area (Å²) < 4.78 is 0. The van der Waals surface area contributed by atoms with E-state index in [1.807, 2.05) is 6.92 Å². The summed E-state index contributed by atoms with van der Waals surface area (Å²) in [7, 11) is 0. The molecule has 0 radical (unpaired) electrons. The Morgan fingerprint density at radius 3 is 2.76 bits per heavy atom. The third kappa shape index (κ3) is 3.91. The van der Waals surface area contributed by atoms with Gasteiger partial charge in [-0.1, -0.05) is 18.5 Å². The lowest BCUT2D eigenvalue weighted by atomic mass is 10.1. The molecular weight excluding hydrogens is 242 g/mol. The number of phenols is 1. The van der Waals surface area contributed by atoms with E-state index in [4.69, 9.17) is 16.7 Å². The minimum Gasteiger partial charge on any atom is -0.507 e. The van der Waals surface area contributed by atoms with Gasteiger partial charge in [0.1, 0.15) is 5.75 Å². The fourth-order valence-electron chi connectivity index (χ4n) is 1.49. The lowest BCUT2D eigenvalue weighted by Gasteiger charge is -2.16. The van der Waals surface area contributed by atoms with Crippen LogP contribution in [0.2, 0.25) is 5.02 Å². The third-order valence-corrected chi connectivity index (χ3v) is 2.75. The number of halogens is 1. The van der Waals surface area contributed by atoms with Gasteiger partial charge < -0.3 is 15.5 Å². The predicted octanol–water partition coefficient (Wildman–Crippen LogP) is 1.94. The molecule has 0 fully saturated rings. The van der Waals surface area contributed by atoms with Gasteiger partial charge in [0, 0.05) is 17.7 Å². The Bertz CT molecular complexity index is 395. The van der Waals surface area contributed by atoms with Crippen molar-refractivity contribution in [3.05, 3.63) is 28.8 Å². The van der Waals surface area contributed by atoms with Crippen molar-refractivity contribution in [3.63, 3.8) is 0 Å². The van der Waals surface area contributed by atoms with Crippen LogP contribution in [0.25, 0.3) is 0 Å². The Kier molecular flexibility index (Phi) is 5.25. The topological polar surface area (TPSA) is 69.6 Å². The highest BCUT2D eigenvalue weighted by Gasteiger charge is 2.15. The van der Waals surface area contributed by atoms with Crippen molar-refractivity contribution in [3.8, 4) is 5.75 Å². The molecule has 1 aromatic carbocycles. The molecule has 3 N–H and O–H groups in total. The zero-order valence-corrected chi connectivity index (χ0v) is 10.4. The van der Waals surface area contributed by atoms with E-state index in [0.29, 0.717) is 11.4 Å². The second kappa shape index (κ2) is 6.47. The molecule has 0 saturated carbocycles. The van der Waals surface area contributed by atoms with Crippen molar-refractivity contribution in [2.75, 3.05) is 6.61 Å². The van der Waals surface area contributed by atoms with Gasteiger partial charge in [-0.05, 0) is 31.0 Å². The minimum atomic E-state index is -0.362. The number of phenolic OH excluding ortho intramolecular Hbond substituents is 1. The van der Waals surface area contributed by atoms with Crippen LogP contribution in [0.3, 0.4) is 0 Å². The number of benzene rings is 1.